The zero-order valence-corrected chi connectivity index (χ0v) is 11.6. The van der Waals surface area contributed by atoms with Crippen molar-refractivity contribution in [3.63, 3.8) is 0 Å². The first-order chi connectivity index (χ1) is 9.78. The maximum Gasteiger partial charge on any atom is 0.141 e. The molecule has 0 saturated heterocycles. The van der Waals surface area contributed by atoms with Gasteiger partial charge >= 0.3 is 0 Å². The number of ether oxygens (including phenoxy) is 1. The predicted molar refractivity (Wildman–Crippen MR) is 79.2 cm³/mol. The van der Waals surface area contributed by atoms with Crippen molar-refractivity contribution in [2.24, 2.45) is 0 Å². The molecule has 2 nitrogen and oxygen atoms in total. The summed E-state index contributed by atoms with van der Waals surface area (Å²) in [5.41, 5.74) is 3.74. The molecule has 0 aromatic heterocycles. The molecule has 0 saturated carbocycles. The number of aryl methyl sites for hydroxylation is 1. The van der Waals surface area contributed by atoms with E-state index in [2.05, 4.69) is 12.1 Å². The molecule has 1 aliphatic rings. The Morgan fingerprint density at radius 1 is 1.15 bits per heavy atom. The van der Waals surface area contributed by atoms with Crippen LogP contribution in [0.4, 0.5) is 0 Å². The highest BCUT2D eigenvalue weighted by Crippen LogP contribution is 2.36. The van der Waals surface area contributed by atoms with Crippen LogP contribution >= 0.6 is 0 Å². The summed E-state index contributed by atoms with van der Waals surface area (Å²) >= 11 is 0. The van der Waals surface area contributed by atoms with E-state index in [4.69, 9.17) is 4.74 Å². The monoisotopic (exact) mass is 266 g/mol. The molecule has 2 aromatic rings. The lowest BCUT2D eigenvalue weighted by atomic mass is 9.74. The third kappa shape index (κ3) is 2.46. The summed E-state index contributed by atoms with van der Waals surface area (Å²) in [5.74, 6) is 1.34. The summed E-state index contributed by atoms with van der Waals surface area (Å²) in [6, 6.07) is 16.2. The number of rotatable bonds is 5. The molecule has 1 unspecified atom stereocenters. The van der Waals surface area contributed by atoms with Gasteiger partial charge in [-0.15, -0.1) is 0 Å². The average Bonchev–Trinajstić information content (AvgIpc) is 2.47. The lowest BCUT2D eigenvalue weighted by molar-refractivity contribution is -0.121. The van der Waals surface area contributed by atoms with Crippen LogP contribution in [0, 0.1) is 0 Å². The van der Waals surface area contributed by atoms with E-state index < -0.39 is 0 Å². The molecule has 102 valence electrons. The van der Waals surface area contributed by atoms with Gasteiger partial charge in [-0.3, -0.25) is 4.79 Å². The summed E-state index contributed by atoms with van der Waals surface area (Å²) in [5, 5.41) is 0. The largest absolute Gasteiger partial charge is 0.497 e. The SMILES string of the molecule is COc1ccc(CCC(=O)C2Cc3ccccc32)cc1. The molecule has 3 rings (SSSR count). The second-order valence-electron chi connectivity index (χ2n) is 5.27. The number of Topliss-reactive ketones (excluding diaryl/α,β-unsaturated/α-hetero) is 1. The van der Waals surface area contributed by atoms with E-state index >= 15 is 0 Å². The number of benzene rings is 2. The first kappa shape index (κ1) is 12.9. The average molecular weight is 266 g/mol. The Kier molecular flexibility index (Phi) is 3.55. The van der Waals surface area contributed by atoms with Crippen LogP contribution in [-0.4, -0.2) is 12.9 Å². The van der Waals surface area contributed by atoms with Gasteiger partial charge < -0.3 is 4.74 Å². The van der Waals surface area contributed by atoms with E-state index in [1.807, 2.05) is 36.4 Å². The molecule has 0 radical (unpaired) electrons. The maximum atomic E-state index is 12.3. The number of fused-ring (bicyclic) bond motifs is 1. The second-order valence-corrected chi connectivity index (χ2v) is 5.27. The molecule has 0 bridgehead atoms. The molecule has 20 heavy (non-hydrogen) atoms. The molecular formula is C18H18O2. The van der Waals surface area contributed by atoms with E-state index in [0.717, 1.165) is 18.6 Å². The first-order valence-electron chi connectivity index (χ1n) is 7.01. The second kappa shape index (κ2) is 5.49. The fraction of sp³-hybridized carbons (Fsp3) is 0.278. The minimum Gasteiger partial charge on any atom is -0.497 e. The lowest BCUT2D eigenvalue weighted by Crippen LogP contribution is -2.25. The molecule has 1 atom stereocenters. The normalized spacial score (nSPS) is 16.1. The van der Waals surface area contributed by atoms with Crippen molar-refractivity contribution in [1.29, 1.82) is 0 Å². The zero-order chi connectivity index (χ0) is 13.9. The van der Waals surface area contributed by atoms with Crippen LogP contribution in [0.1, 0.15) is 29.0 Å². The van der Waals surface area contributed by atoms with E-state index in [-0.39, 0.29) is 5.92 Å². The molecule has 0 amide bonds. The van der Waals surface area contributed by atoms with Gasteiger partial charge in [0.2, 0.25) is 0 Å². The number of hydrogen-bond donors (Lipinski definition) is 0. The smallest absolute Gasteiger partial charge is 0.141 e. The van der Waals surface area contributed by atoms with E-state index in [1.165, 1.54) is 16.7 Å². The van der Waals surface area contributed by atoms with Crippen LogP contribution in [0.15, 0.2) is 48.5 Å². The molecule has 0 fully saturated rings. The molecule has 0 N–H and O–H groups in total. The fourth-order valence-electron chi connectivity index (χ4n) is 2.78. The van der Waals surface area contributed by atoms with Crippen molar-refractivity contribution in [3.05, 3.63) is 65.2 Å². The van der Waals surface area contributed by atoms with Gasteiger partial charge in [0.1, 0.15) is 11.5 Å². The van der Waals surface area contributed by atoms with Crippen molar-refractivity contribution in [3.8, 4) is 5.75 Å². The standard InChI is InChI=1S/C18H18O2/c1-20-15-9-6-13(7-10-15)8-11-18(19)17-12-14-4-2-3-5-16(14)17/h2-7,9-10,17H,8,11-12H2,1H3. The Balaban J connectivity index is 1.58. The van der Waals surface area contributed by atoms with Crippen molar-refractivity contribution in [2.45, 2.75) is 25.2 Å². The maximum absolute atomic E-state index is 12.3. The van der Waals surface area contributed by atoms with Crippen molar-refractivity contribution >= 4 is 5.78 Å². The Bertz CT molecular complexity index is 614. The van der Waals surface area contributed by atoms with Crippen LogP contribution in [0.25, 0.3) is 0 Å². The summed E-state index contributed by atoms with van der Waals surface area (Å²) in [6.07, 6.45) is 2.34. The zero-order valence-electron chi connectivity index (χ0n) is 11.6. The Labute approximate surface area is 119 Å². The van der Waals surface area contributed by atoms with E-state index in [1.54, 1.807) is 7.11 Å². The molecule has 2 heteroatoms. The Morgan fingerprint density at radius 2 is 1.90 bits per heavy atom. The number of hydrogen-bond acceptors (Lipinski definition) is 2. The van der Waals surface area contributed by atoms with Gasteiger partial charge in [-0.05, 0) is 41.7 Å². The lowest BCUT2D eigenvalue weighted by Gasteiger charge is -2.28. The molecule has 2 aromatic carbocycles. The topological polar surface area (TPSA) is 26.3 Å². The third-order valence-electron chi connectivity index (χ3n) is 4.06. The van der Waals surface area contributed by atoms with Crippen LogP contribution in [-0.2, 0) is 17.6 Å². The Hall–Kier alpha value is -2.09. The van der Waals surface area contributed by atoms with Gasteiger partial charge in [-0.2, -0.15) is 0 Å². The van der Waals surface area contributed by atoms with Crippen LogP contribution in [0.5, 0.6) is 5.75 Å². The number of methoxy groups -OCH3 is 1. The summed E-state index contributed by atoms with van der Waals surface area (Å²) in [7, 11) is 1.66. The van der Waals surface area contributed by atoms with Crippen LogP contribution < -0.4 is 4.74 Å². The fourth-order valence-corrected chi connectivity index (χ4v) is 2.78. The van der Waals surface area contributed by atoms with Gasteiger partial charge in [0.15, 0.2) is 0 Å². The van der Waals surface area contributed by atoms with Crippen molar-refractivity contribution in [1.82, 2.24) is 0 Å². The molecule has 0 spiro atoms. The van der Waals surface area contributed by atoms with Gasteiger partial charge in [0.05, 0.1) is 7.11 Å². The molecule has 0 aliphatic heterocycles. The molecular weight excluding hydrogens is 248 g/mol. The first-order valence-corrected chi connectivity index (χ1v) is 7.01. The third-order valence-corrected chi connectivity index (χ3v) is 4.06. The number of carbonyl (C=O) groups excluding carboxylic acids is 1. The predicted octanol–water partition coefficient (Wildman–Crippen LogP) is 3.54. The quantitative estimate of drug-likeness (QED) is 0.827. The van der Waals surface area contributed by atoms with Crippen molar-refractivity contribution < 1.29 is 9.53 Å². The number of carbonyl (C=O) groups is 1. The highest BCUT2D eigenvalue weighted by Gasteiger charge is 2.30. The minimum atomic E-state index is 0.129. The molecule has 0 heterocycles. The molecule has 1 aliphatic carbocycles. The van der Waals surface area contributed by atoms with Gasteiger partial charge in [0, 0.05) is 12.3 Å². The number of ketones is 1. The van der Waals surface area contributed by atoms with Gasteiger partial charge in [-0.25, -0.2) is 0 Å². The van der Waals surface area contributed by atoms with Crippen molar-refractivity contribution in [2.75, 3.05) is 7.11 Å². The highest BCUT2D eigenvalue weighted by molar-refractivity contribution is 5.88. The van der Waals surface area contributed by atoms with Crippen LogP contribution in [0.2, 0.25) is 0 Å². The van der Waals surface area contributed by atoms with Crippen LogP contribution in [0.3, 0.4) is 0 Å². The summed E-state index contributed by atoms with van der Waals surface area (Å²) < 4.78 is 5.13. The summed E-state index contributed by atoms with van der Waals surface area (Å²) in [6.45, 7) is 0. The summed E-state index contributed by atoms with van der Waals surface area (Å²) in [4.78, 5) is 12.3. The van der Waals surface area contributed by atoms with E-state index in [9.17, 15) is 4.79 Å². The van der Waals surface area contributed by atoms with Gasteiger partial charge in [-0.1, -0.05) is 36.4 Å². The van der Waals surface area contributed by atoms with E-state index in [0.29, 0.717) is 12.2 Å². The van der Waals surface area contributed by atoms with Gasteiger partial charge in [0.25, 0.3) is 0 Å². The Morgan fingerprint density at radius 3 is 2.60 bits per heavy atom. The highest BCUT2D eigenvalue weighted by atomic mass is 16.5. The minimum absolute atomic E-state index is 0.129.